The van der Waals surface area contributed by atoms with Crippen LogP contribution < -0.4 is 69.3 Å². The molecule has 1 saturated heterocycles. The molecule has 0 radical (unpaired) electrons. The van der Waals surface area contributed by atoms with Gasteiger partial charge in [-0.15, -0.1) is 0 Å². The molecule has 7 heteroatoms. The zero-order chi connectivity index (χ0) is 8.43. The van der Waals surface area contributed by atoms with E-state index in [1.54, 1.807) is 0 Å². The van der Waals surface area contributed by atoms with Gasteiger partial charge in [0.1, 0.15) is 0 Å². The normalized spacial score (nSPS) is 20.0. The summed E-state index contributed by atoms with van der Waals surface area (Å²) < 4.78 is 0. The summed E-state index contributed by atoms with van der Waals surface area (Å²) in [6, 6.07) is -0.792. The molecule has 0 amide bonds. The fourth-order valence-corrected chi connectivity index (χ4v) is 1.45. The second-order valence-electron chi connectivity index (χ2n) is 2.44. The van der Waals surface area contributed by atoms with Crippen LogP contribution in [-0.4, -0.2) is 28.6 Å². The molecule has 4 nitrogen and oxygen atoms in total. The Hall–Kier alpha value is 1.16. The first-order valence-electron chi connectivity index (χ1n) is 3.31. The van der Waals surface area contributed by atoms with Crippen LogP contribution in [0.3, 0.4) is 0 Å². The molecule has 1 aliphatic rings. The van der Waals surface area contributed by atoms with Crippen LogP contribution in [0.2, 0.25) is 0 Å². The number of hydrogen-bond donors (Lipinski definition) is 0. The first-order valence-corrected chi connectivity index (χ1v) is 3.72. The molecule has 62 valence electrons. The average Bonchev–Trinajstić information content (AvgIpc) is 2.32. The van der Waals surface area contributed by atoms with Gasteiger partial charge in [-0.2, -0.15) is 0 Å². The predicted octanol–water partition coefficient (Wildman–Crippen LogP) is -8.15. The summed E-state index contributed by atoms with van der Waals surface area (Å²) in [6.07, 6.45) is 1.16. The number of carboxylic acids is 1. The summed E-state index contributed by atoms with van der Waals surface area (Å²) in [6.45, 7) is 0.445. The molecule has 0 saturated carbocycles. The van der Waals surface area contributed by atoms with Crippen molar-refractivity contribution in [1.82, 2.24) is 4.90 Å². The molecule has 0 aliphatic carbocycles. The van der Waals surface area contributed by atoms with Crippen molar-refractivity contribution in [3.63, 3.8) is 0 Å². The third-order valence-corrected chi connectivity index (χ3v) is 1.99. The van der Waals surface area contributed by atoms with E-state index < -0.39 is 17.2 Å². The van der Waals surface area contributed by atoms with Gasteiger partial charge in [-0.25, -0.2) is 0 Å². The van der Waals surface area contributed by atoms with Crippen LogP contribution in [0.5, 0.6) is 0 Å². The number of carboxylic acid groups (broad SMARTS) is 1. The van der Waals surface area contributed by atoms with E-state index in [0.717, 1.165) is 4.90 Å². The van der Waals surface area contributed by atoms with Gasteiger partial charge in [0, 0.05) is 11.7 Å². The number of aliphatic carboxylic acids is 1. The molecule has 1 heterocycles. The smallest absolute Gasteiger partial charge is 0.852 e. The summed E-state index contributed by atoms with van der Waals surface area (Å²) in [5.74, 6) is -1.21. The maximum Gasteiger partial charge on any atom is 1.00 e. The van der Waals surface area contributed by atoms with Gasteiger partial charge in [-0.1, -0.05) is 12.2 Å². The van der Waals surface area contributed by atoms with Gasteiger partial charge >= 0.3 is 59.1 Å². The first kappa shape index (κ1) is 16.6. The number of thiocarbonyl (C=S) groups is 1. The Bertz CT molecular complexity index is 182. The van der Waals surface area contributed by atoms with E-state index in [9.17, 15) is 15.0 Å². The van der Waals surface area contributed by atoms with E-state index >= 15 is 0 Å². The average molecular weight is 219 g/mol. The molecule has 0 aromatic rings. The topological polar surface area (TPSA) is 66.4 Å². The summed E-state index contributed by atoms with van der Waals surface area (Å²) >= 11 is 4.33. The van der Waals surface area contributed by atoms with Crippen LogP contribution in [0, 0.1) is 0 Å². The second-order valence-corrected chi connectivity index (χ2v) is 2.79. The van der Waals surface area contributed by atoms with Gasteiger partial charge in [0.15, 0.2) is 0 Å². The molecule has 1 rings (SSSR count). The molecule has 0 aromatic heterocycles. The molecule has 0 bridgehead atoms. The molecular formula is C6H7NNa2O3S. The minimum atomic E-state index is -1.21. The van der Waals surface area contributed by atoms with E-state index in [2.05, 4.69) is 12.2 Å². The molecule has 1 fully saturated rings. The molecule has 13 heavy (non-hydrogen) atoms. The SMILES string of the molecule is O=C([O-])[C@@H]1CCCN1C([O-])=S.[Na+].[Na+]. The largest absolute Gasteiger partial charge is 1.00 e. The molecule has 0 N–H and O–H groups in total. The number of rotatable bonds is 1. The third-order valence-electron chi connectivity index (χ3n) is 1.76. The minimum absolute atomic E-state index is 0. The van der Waals surface area contributed by atoms with Crippen molar-refractivity contribution in [3.05, 3.63) is 0 Å². The monoisotopic (exact) mass is 219 g/mol. The summed E-state index contributed by atoms with van der Waals surface area (Å²) in [5, 5.41) is 20.4. The fourth-order valence-electron chi connectivity index (χ4n) is 1.23. The Morgan fingerprint density at radius 1 is 1.38 bits per heavy atom. The van der Waals surface area contributed by atoms with Crippen molar-refractivity contribution in [1.29, 1.82) is 0 Å². The molecular weight excluding hydrogens is 212 g/mol. The van der Waals surface area contributed by atoms with Gasteiger partial charge in [-0.3, -0.25) is 0 Å². The molecule has 0 aromatic carbocycles. The van der Waals surface area contributed by atoms with Crippen LogP contribution in [0.15, 0.2) is 0 Å². The van der Waals surface area contributed by atoms with Crippen molar-refractivity contribution >= 4 is 23.4 Å². The van der Waals surface area contributed by atoms with E-state index in [4.69, 9.17) is 0 Å². The summed E-state index contributed by atoms with van der Waals surface area (Å²) in [7, 11) is 0. The van der Waals surface area contributed by atoms with E-state index in [0.29, 0.717) is 19.4 Å². The standard InChI is InChI=1S/C6H9NO3S.2Na/c8-5(9)4-2-1-3-7(4)6(10)11;;/h4H,1-3H2,(H,8,9)(H,10,11);;/q;2*+1/p-2/t4-;;/m0../s1. The second kappa shape index (κ2) is 7.45. The maximum atomic E-state index is 10.6. The Labute approximate surface area is 126 Å². The molecule has 0 unspecified atom stereocenters. The Morgan fingerprint density at radius 2 is 1.92 bits per heavy atom. The van der Waals surface area contributed by atoms with E-state index in [1.807, 2.05) is 0 Å². The Balaban J connectivity index is 0. The maximum absolute atomic E-state index is 10.6. The predicted molar refractivity (Wildman–Crippen MR) is 37.3 cm³/mol. The Kier molecular flexibility index (Phi) is 9.51. The number of carbonyl (C=O) groups is 1. The molecule has 1 atom stereocenters. The third kappa shape index (κ3) is 4.46. The minimum Gasteiger partial charge on any atom is -0.852 e. The van der Waals surface area contributed by atoms with Crippen LogP contribution in [0.1, 0.15) is 12.8 Å². The van der Waals surface area contributed by atoms with E-state index in [1.165, 1.54) is 0 Å². The van der Waals surface area contributed by atoms with Gasteiger partial charge in [-0.05, 0) is 12.8 Å². The zero-order valence-corrected chi connectivity index (χ0v) is 12.6. The van der Waals surface area contributed by atoms with E-state index in [-0.39, 0.29) is 59.1 Å². The number of hydrogen-bond acceptors (Lipinski definition) is 4. The summed E-state index contributed by atoms with van der Waals surface area (Å²) in [4.78, 5) is 11.5. The van der Waals surface area contributed by atoms with Crippen molar-refractivity contribution in [3.8, 4) is 0 Å². The van der Waals surface area contributed by atoms with Crippen LogP contribution in [-0.2, 0) is 4.79 Å². The van der Waals surface area contributed by atoms with Gasteiger partial charge < -0.3 is 19.9 Å². The van der Waals surface area contributed by atoms with Gasteiger partial charge in [0.25, 0.3) is 0 Å². The van der Waals surface area contributed by atoms with Gasteiger partial charge in [0.2, 0.25) is 0 Å². The van der Waals surface area contributed by atoms with Crippen molar-refractivity contribution in [2.45, 2.75) is 18.9 Å². The molecule has 0 spiro atoms. The quantitative estimate of drug-likeness (QED) is 0.324. The van der Waals surface area contributed by atoms with Gasteiger partial charge in [0.05, 0.1) is 12.0 Å². The number of nitrogens with zero attached hydrogens (tertiary/aromatic N) is 1. The van der Waals surface area contributed by atoms with Crippen molar-refractivity contribution < 1.29 is 74.1 Å². The van der Waals surface area contributed by atoms with Crippen LogP contribution >= 0.6 is 12.2 Å². The number of likely N-dealkylation sites (tertiary alicyclic amines) is 1. The van der Waals surface area contributed by atoms with Crippen molar-refractivity contribution in [2.75, 3.05) is 6.54 Å². The Morgan fingerprint density at radius 3 is 2.23 bits per heavy atom. The van der Waals surface area contributed by atoms with Crippen LogP contribution in [0.4, 0.5) is 0 Å². The zero-order valence-electron chi connectivity index (χ0n) is 7.78. The number of carbonyl (C=O) groups excluding carboxylic acids is 1. The molecule has 1 aliphatic heterocycles. The fraction of sp³-hybridized carbons (Fsp3) is 0.667. The first-order chi connectivity index (χ1) is 5.13. The van der Waals surface area contributed by atoms with Crippen LogP contribution in [0.25, 0.3) is 0 Å². The van der Waals surface area contributed by atoms with Crippen molar-refractivity contribution in [2.24, 2.45) is 0 Å². The summed E-state index contributed by atoms with van der Waals surface area (Å²) in [5.41, 5.74) is 0.